The monoisotopic (exact) mass is 277 g/mol. The molecule has 0 radical (unpaired) electrons. The smallest absolute Gasteiger partial charge is 0.312 e. The Labute approximate surface area is 119 Å². The number of primary amides is 1. The summed E-state index contributed by atoms with van der Waals surface area (Å²) >= 11 is 0. The van der Waals surface area contributed by atoms with Crippen molar-refractivity contribution in [2.24, 2.45) is 11.7 Å². The maximum absolute atomic E-state index is 12.1. The van der Waals surface area contributed by atoms with Crippen molar-refractivity contribution in [3.8, 4) is 0 Å². The fourth-order valence-electron chi connectivity index (χ4n) is 1.95. The van der Waals surface area contributed by atoms with E-state index in [0.29, 0.717) is 6.54 Å². The second-order valence-electron chi connectivity index (χ2n) is 5.29. The Morgan fingerprint density at radius 2 is 1.75 bits per heavy atom. The number of hydrogen-bond acceptors (Lipinski definition) is 2. The predicted molar refractivity (Wildman–Crippen MR) is 79.2 cm³/mol. The van der Waals surface area contributed by atoms with Crippen molar-refractivity contribution in [3.05, 3.63) is 35.9 Å². The van der Waals surface area contributed by atoms with Gasteiger partial charge in [0.25, 0.3) is 0 Å². The lowest BCUT2D eigenvalue weighted by molar-refractivity contribution is -0.123. The molecular weight excluding hydrogens is 254 g/mol. The molecule has 0 heterocycles. The molecular formula is C15H23N3O2. The summed E-state index contributed by atoms with van der Waals surface area (Å²) in [6.07, 6.45) is 0. The van der Waals surface area contributed by atoms with Crippen LogP contribution in [0.15, 0.2) is 30.3 Å². The zero-order valence-electron chi connectivity index (χ0n) is 12.2. The van der Waals surface area contributed by atoms with Gasteiger partial charge in [0, 0.05) is 6.54 Å². The van der Waals surface area contributed by atoms with Gasteiger partial charge in [0.2, 0.25) is 5.91 Å². The Kier molecular flexibility index (Phi) is 6.03. The van der Waals surface area contributed by atoms with Gasteiger partial charge in [0.05, 0.1) is 0 Å². The molecule has 1 aromatic carbocycles. The number of benzene rings is 1. The molecule has 1 aromatic rings. The zero-order valence-corrected chi connectivity index (χ0v) is 12.2. The van der Waals surface area contributed by atoms with Crippen molar-refractivity contribution < 1.29 is 9.59 Å². The molecule has 0 unspecified atom stereocenters. The first-order chi connectivity index (χ1) is 9.41. The van der Waals surface area contributed by atoms with Gasteiger partial charge in [-0.05, 0) is 17.4 Å². The number of nitrogens with one attached hydrogen (secondary N) is 2. The number of rotatable bonds is 6. The van der Waals surface area contributed by atoms with Crippen LogP contribution < -0.4 is 16.4 Å². The van der Waals surface area contributed by atoms with E-state index in [2.05, 4.69) is 10.6 Å². The lowest BCUT2D eigenvalue weighted by atomic mass is 10.00. The first-order valence-electron chi connectivity index (χ1n) is 6.80. The van der Waals surface area contributed by atoms with E-state index < -0.39 is 12.1 Å². The molecule has 0 saturated carbocycles. The number of nitrogens with two attached hydrogens (primary N) is 1. The fraction of sp³-hybridized carbons (Fsp3) is 0.467. The minimum atomic E-state index is -0.685. The molecule has 4 N–H and O–H groups in total. The number of carbonyl (C=O) groups excluding carboxylic acids is 2. The molecule has 1 rings (SSSR count). The highest BCUT2D eigenvalue weighted by Crippen LogP contribution is 2.13. The van der Waals surface area contributed by atoms with Crippen LogP contribution in [0.3, 0.4) is 0 Å². The summed E-state index contributed by atoms with van der Waals surface area (Å²) in [4.78, 5) is 23.0. The predicted octanol–water partition coefficient (Wildman–Crippen LogP) is 1.60. The summed E-state index contributed by atoms with van der Waals surface area (Å²) in [5, 5.41) is 5.33. The van der Waals surface area contributed by atoms with Crippen LogP contribution in [0.1, 0.15) is 32.3 Å². The lowest BCUT2D eigenvalue weighted by Crippen LogP contribution is -2.51. The minimum Gasteiger partial charge on any atom is -0.354 e. The number of urea groups is 1. The highest BCUT2D eigenvalue weighted by atomic mass is 16.2. The summed E-state index contributed by atoms with van der Waals surface area (Å²) in [5.74, 6) is -0.0161. The summed E-state index contributed by atoms with van der Waals surface area (Å²) in [7, 11) is 0. The molecule has 0 aliphatic heterocycles. The second kappa shape index (κ2) is 7.53. The van der Waals surface area contributed by atoms with Crippen molar-refractivity contribution >= 4 is 11.9 Å². The Morgan fingerprint density at radius 3 is 2.25 bits per heavy atom. The molecule has 110 valence electrons. The molecule has 0 bridgehead atoms. The maximum atomic E-state index is 12.1. The quantitative estimate of drug-likeness (QED) is 0.738. The van der Waals surface area contributed by atoms with E-state index in [1.54, 1.807) is 0 Å². The van der Waals surface area contributed by atoms with E-state index in [-0.39, 0.29) is 17.7 Å². The summed E-state index contributed by atoms with van der Waals surface area (Å²) in [5.41, 5.74) is 6.25. The van der Waals surface area contributed by atoms with Crippen molar-refractivity contribution in [2.45, 2.75) is 32.7 Å². The van der Waals surface area contributed by atoms with E-state index in [1.807, 2.05) is 51.1 Å². The number of amides is 3. The van der Waals surface area contributed by atoms with Crippen molar-refractivity contribution in [1.82, 2.24) is 10.6 Å². The topological polar surface area (TPSA) is 84.2 Å². The Balaban J connectivity index is 2.55. The second-order valence-corrected chi connectivity index (χ2v) is 5.29. The Bertz CT molecular complexity index is 446. The van der Waals surface area contributed by atoms with Gasteiger partial charge in [-0.1, -0.05) is 51.1 Å². The highest BCUT2D eigenvalue weighted by molar-refractivity contribution is 5.86. The van der Waals surface area contributed by atoms with E-state index in [1.165, 1.54) is 0 Å². The SMILES string of the molecule is CC(C)[C@@H](NC(N)=O)C(=O)NC[C@@H](C)c1ccccc1. The zero-order chi connectivity index (χ0) is 15.1. The average Bonchev–Trinajstić information content (AvgIpc) is 2.42. The largest absolute Gasteiger partial charge is 0.354 e. The van der Waals surface area contributed by atoms with Crippen LogP contribution in [0.2, 0.25) is 0 Å². The van der Waals surface area contributed by atoms with Crippen molar-refractivity contribution in [3.63, 3.8) is 0 Å². The Hall–Kier alpha value is -2.04. The third-order valence-electron chi connectivity index (χ3n) is 3.20. The summed E-state index contributed by atoms with van der Waals surface area (Å²) in [6.45, 7) is 6.29. The maximum Gasteiger partial charge on any atom is 0.312 e. The molecule has 0 fully saturated rings. The highest BCUT2D eigenvalue weighted by Gasteiger charge is 2.23. The van der Waals surface area contributed by atoms with Gasteiger partial charge < -0.3 is 16.4 Å². The van der Waals surface area contributed by atoms with Crippen LogP contribution in [-0.4, -0.2) is 24.5 Å². The molecule has 5 heteroatoms. The molecule has 20 heavy (non-hydrogen) atoms. The van der Waals surface area contributed by atoms with Gasteiger partial charge in [0.15, 0.2) is 0 Å². The van der Waals surface area contributed by atoms with Crippen molar-refractivity contribution in [2.75, 3.05) is 6.54 Å². The molecule has 0 spiro atoms. The van der Waals surface area contributed by atoms with Gasteiger partial charge in [-0.15, -0.1) is 0 Å². The number of hydrogen-bond donors (Lipinski definition) is 3. The molecule has 0 aliphatic rings. The van der Waals surface area contributed by atoms with Gasteiger partial charge in [-0.25, -0.2) is 4.79 Å². The van der Waals surface area contributed by atoms with Gasteiger partial charge in [-0.3, -0.25) is 4.79 Å². The molecule has 5 nitrogen and oxygen atoms in total. The average molecular weight is 277 g/mol. The van der Waals surface area contributed by atoms with Crippen LogP contribution in [0.25, 0.3) is 0 Å². The van der Waals surface area contributed by atoms with E-state index in [4.69, 9.17) is 5.73 Å². The first-order valence-corrected chi connectivity index (χ1v) is 6.80. The van der Waals surface area contributed by atoms with E-state index >= 15 is 0 Å². The van der Waals surface area contributed by atoms with Crippen LogP contribution >= 0.6 is 0 Å². The van der Waals surface area contributed by atoms with E-state index in [0.717, 1.165) is 5.56 Å². The van der Waals surface area contributed by atoms with Crippen LogP contribution in [0.4, 0.5) is 4.79 Å². The van der Waals surface area contributed by atoms with E-state index in [9.17, 15) is 9.59 Å². The molecule has 0 aliphatic carbocycles. The van der Waals surface area contributed by atoms with Crippen LogP contribution in [-0.2, 0) is 4.79 Å². The summed E-state index contributed by atoms with van der Waals surface area (Å²) < 4.78 is 0. The standard InChI is InChI=1S/C15H23N3O2/c1-10(2)13(18-15(16)20)14(19)17-9-11(3)12-7-5-4-6-8-12/h4-8,10-11,13H,9H2,1-3H3,(H,17,19)(H3,16,18,20)/t11-,13-/m1/s1. The molecule has 0 aromatic heterocycles. The summed E-state index contributed by atoms with van der Waals surface area (Å²) in [6, 6.07) is 8.67. The fourth-order valence-corrected chi connectivity index (χ4v) is 1.95. The van der Waals surface area contributed by atoms with Crippen LogP contribution in [0, 0.1) is 5.92 Å². The van der Waals surface area contributed by atoms with Gasteiger partial charge in [-0.2, -0.15) is 0 Å². The normalized spacial score (nSPS) is 13.6. The molecule has 0 saturated heterocycles. The lowest BCUT2D eigenvalue weighted by Gasteiger charge is -2.22. The van der Waals surface area contributed by atoms with Gasteiger partial charge >= 0.3 is 6.03 Å². The van der Waals surface area contributed by atoms with Crippen molar-refractivity contribution in [1.29, 1.82) is 0 Å². The molecule has 2 atom stereocenters. The third kappa shape index (κ3) is 4.91. The Morgan fingerprint density at radius 1 is 1.15 bits per heavy atom. The van der Waals surface area contributed by atoms with Crippen LogP contribution in [0.5, 0.6) is 0 Å². The third-order valence-corrected chi connectivity index (χ3v) is 3.20. The van der Waals surface area contributed by atoms with Gasteiger partial charge in [0.1, 0.15) is 6.04 Å². The molecule has 3 amide bonds. The number of carbonyl (C=O) groups is 2. The minimum absolute atomic E-state index is 0.0190. The first kappa shape index (κ1) is 16.0.